The lowest BCUT2D eigenvalue weighted by Gasteiger charge is -2.36. The number of para-hydroxylation sites is 1. The van der Waals surface area contributed by atoms with E-state index in [0.29, 0.717) is 46.6 Å². The number of hydrogen-bond donors (Lipinski definition) is 3. The summed E-state index contributed by atoms with van der Waals surface area (Å²) in [6.07, 6.45) is 1.98. The number of piperidine rings is 1. The average molecular weight is 767 g/mol. The Balaban J connectivity index is 0.973. The topological polar surface area (TPSA) is 113 Å². The van der Waals surface area contributed by atoms with Crippen molar-refractivity contribution in [1.82, 2.24) is 20.2 Å². The van der Waals surface area contributed by atoms with Crippen LogP contribution in [0.25, 0.3) is 10.2 Å². The van der Waals surface area contributed by atoms with Gasteiger partial charge in [0.1, 0.15) is 0 Å². The molecule has 0 saturated carbocycles. The van der Waals surface area contributed by atoms with E-state index >= 15 is 0 Å². The summed E-state index contributed by atoms with van der Waals surface area (Å²) in [7, 11) is 0. The summed E-state index contributed by atoms with van der Waals surface area (Å²) in [6.45, 7) is 3.48. The Hall–Kier alpha value is -4.43. The number of nitrogens with zero attached hydrogens (tertiary/aromatic N) is 6. The van der Waals surface area contributed by atoms with Crippen LogP contribution in [-0.4, -0.2) is 73.8 Å². The van der Waals surface area contributed by atoms with E-state index in [-0.39, 0.29) is 54.4 Å². The molecule has 0 spiro atoms. The lowest BCUT2D eigenvalue weighted by Crippen LogP contribution is -2.48. The number of alkyl halides is 2. The Morgan fingerprint density at radius 3 is 2.73 bits per heavy atom. The number of anilines is 4. The second-order valence-corrected chi connectivity index (χ2v) is 15.8. The van der Waals surface area contributed by atoms with Crippen molar-refractivity contribution in [3.8, 4) is 17.6 Å². The van der Waals surface area contributed by atoms with Gasteiger partial charge in [-0.1, -0.05) is 29.4 Å². The highest BCUT2D eigenvalue weighted by Crippen LogP contribution is 2.39. The van der Waals surface area contributed by atoms with Crippen molar-refractivity contribution < 1.29 is 31.7 Å². The third-order valence-electron chi connectivity index (χ3n) is 9.16. The number of aromatic nitrogens is 4. The van der Waals surface area contributed by atoms with Crippen molar-refractivity contribution in [2.45, 2.75) is 51.4 Å². The van der Waals surface area contributed by atoms with Crippen molar-refractivity contribution in [3.63, 3.8) is 0 Å². The average Bonchev–Trinajstić information content (AvgIpc) is 3.74. The molecule has 3 aromatic heterocycles. The molecule has 2 aromatic carbocycles. The predicted molar refractivity (Wildman–Crippen MR) is 199 cm³/mol. The molecule has 0 amide bonds. The number of aromatic carboxylic acids is 1. The maximum atomic E-state index is 14.8. The van der Waals surface area contributed by atoms with Gasteiger partial charge in [0.15, 0.2) is 45.7 Å². The van der Waals surface area contributed by atoms with Crippen LogP contribution in [0.5, 0.6) is 5.75 Å². The summed E-state index contributed by atoms with van der Waals surface area (Å²) in [5.74, 6) is 2.82. The Morgan fingerprint density at radius 1 is 1.15 bits per heavy atom. The molecule has 0 radical (unpaired) electrons. The van der Waals surface area contributed by atoms with E-state index in [1.165, 1.54) is 23.5 Å². The molecule has 2 N–H and O–H groups in total. The maximum Gasteiger partial charge on any atom is 0.355 e. The van der Waals surface area contributed by atoms with Crippen LogP contribution in [0.15, 0.2) is 42.5 Å². The number of fused-ring (bicyclic) bond motifs is 2. The molecule has 0 unspecified atom stereocenters. The standard InChI is InChI=1S/C36H34F3N7O3S3/c1-22-24-8-4-16-45(32(24)44-43-31(22)42-34-40-26-9-2-3-10-28(26)51-34)35-41-30(33(47)48)29(52-35)11-6-20-49-27-13-12-23(21-25(27)37)7-5-17-46(50)18-14-36(38,39)15-19-46/h2-3,9-10,12-13,21,50H,4,6,8,11,14-20H2,1H3,(H-,40,42,43,47,48)/p+1. The summed E-state index contributed by atoms with van der Waals surface area (Å²) in [6, 6.07) is 12.3. The van der Waals surface area contributed by atoms with Crippen molar-refractivity contribution >= 4 is 73.6 Å². The fourth-order valence-electron chi connectivity index (χ4n) is 6.24. The Kier molecular flexibility index (Phi) is 10.3. The number of benzene rings is 2. The number of thiol groups is 1. The molecule has 16 heteroatoms. The van der Waals surface area contributed by atoms with Crippen molar-refractivity contribution in [2.24, 2.45) is 0 Å². The molecule has 52 heavy (non-hydrogen) atoms. The second kappa shape index (κ2) is 14.9. The van der Waals surface area contributed by atoms with Crippen LogP contribution in [0, 0.1) is 24.6 Å². The first-order valence-corrected chi connectivity index (χ1v) is 18.9. The van der Waals surface area contributed by atoms with Crippen LogP contribution < -0.4 is 15.0 Å². The molecule has 2 aliphatic rings. The molecule has 1 fully saturated rings. The molecular weight excluding hydrogens is 732 g/mol. The third kappa shape index (κ3) is 7.97. The van der Waals surface area contributed by atoms with Gasteiger partial charge in [-0.25, -0.2) is 27.9 Å². The van der Waals surface area contributed by atoms with Crippen LogP contribution in [0.2, 0.25) is 0 Å². The first-order valence-electron chi connectivity index (χ1n) is 16.8. The van der Waals surface area contributed by atoms with Gasteiger partial charge in [-0.15, -0.1) is 21.5 Å². The van der Waals surface area contributed by atoms with Crippen molar-refractivity contribution in [1.29, 1.82) is 0 Å². The second-order valence-electron chi connectivity index (χ2n) is 12.9. The molecule has 0 bridgehead atoms. The fourth-order valence-corrected chi connectivity index (χ4v) is 8.50. The van der Waals surface area contributed by atoms with Gasteiger partial charge in [0, 0.05) is 28.1 Å². The number of carbonyl (C=O) groups is 1. The molecule has 5 heterocycles. The minimum absolute atomic E-state index is 0.0245. The Morgan fingerprint density at radius 2 is 1.96 bits per heavy atom. The van der Waals surface area contributed by atoms with Crippen LogP contribution in [-0.2, 0) is 12.8 Å². The van der Waals surface area contributed by atoms with Crippen LogP contribution in [0.1, 0.15) is 57.7 Å². The Labute approximate surface area is 311 Å². The number of carboxylic acids is 1. The molecule has 5 aromatic rings. The van der Waals surface area contributed by atoms with Gasteiger partial charge >= 0.3 is 5.97 Å². The number of likely N-dealkylation sites (tertiary alicyclic amines) is 1. The number of hydrogen-bond acceptors (Lipinski definition) is 11. The van der Waals surface area contributed by atoms with Gasteiger partial charge in [0.05, 0.1) is 55.6 Å². The van der Waals surface area contributed by atoms with Gasteiger partial charge in [0.25, 0.3) is 5.92 Å². The summed E-state index contributed by atoms with van der Waals surface area (Å²) in [5, 5.41) is 23.6. The number of nitrogens with one attached hydrogen (secondary N) is 1. The molecule has 0 atom stereocenters. The van der Waals surface area contributed by atoms with E-state index in [2.05, 4.69) is 50.1 Å². The normalized spacial score (nSPS) is 16.2. The molecule has 2 aliphatic heterocycles. The minimum Gasteiger partial charge on any atom is -0.491 e. The number of quaternary nitrogens is 1. The van der Waals surface area contributed by atoms with Gasteiger partial charge < -0.3 is 20.1 Å². The van der Waals surface area contributed by atoms with Gasteiger partial charge in [-0.3, -0.25) is 3.89 Å². The smallest absolute Gasteiger partial charge is 0.355 e. The van der Waals surface area contributed by atoms with Crippen LogP contribution in [0.4, 0.5) is 35.1 Å². The zero-order chi connectivity index (χ0) is 36.5. The minimum atomic E-state index is -2.66. The SMILES string of the molecule is Cc1c(Nc2nc3ccccc3s2)nnc2c1CCCN2c1nc(C(=O)O)c(CCCOc2ccc(C#CC[N+]3(S)CCC(F)(F)CC3)cc2F)s1. The zero-order valence-corrected chi connectivity index (χ0v) is 30.7. The van der Waals surface area contributed by atoms with E-state index in [1.54, 1.807) is 17.4 Å². The number of aryl methyl sites for hydroxylation is 1. The highest BCUT2D eigenvalue weighted by atomic mass is 32.1. The summed E-state index contributed by atoms with van der Waals surface area (Å²) in [5.41, 5.74) is 3.30. The molecule has 7 rings (SSSR count). The van der Waals surface area contributed by atoms with Gasteiger partial charge in [-0.2, -0.15) is 0 Å². The van der Waals surface area contributed by atoms with E-state index < -0.39 is 17.7 Å². The molecule has 0 aliphatic carbocycles. The van der Waals surface area contributed by atoms with Crippen LogP contribution >= 0.6 is 35.5 Å². The van der Waals surface area contributed by atoms with Gasteiger partial charge in [-0.05, 0) is 68.9 Å². The van der Waals surface area contributed by atoms with Crippen LogP contribution in [0.3, 0.4) is 0 Å². The Bertz CT molecular complexity index is 2160. The quantitative estimate of drug-likeness (QED) is 0.0564. The highest BCUT2D eigenvalue weighted by Gasteiger charge is 2.41. The molecule has 270 valence electrons. The first-order chi connectivity index (χ1) is 25.0. The first kappa shape index (κ1) is 36.0. The number of carboxylic acid groups (broad SMARTS) is 1. The molecular formula is C36H35F3N7O3S3+. The predicted octanol–water partition coefficient (Wildman–Crippen LogP) is 7.97. The summed E-state index contributed by atoms with van der Waals surface area (Å²) < 4.78 is 48.8. The third-order valence-corrected chi connectivity index (χ3v) is 11.8. The van der Waals surface area contributed by atoms with E-state index in [4.69, 9.17) is 4.74 Å². The number of thiazole rings is 2. The van der Waals surface area contributed by atoms with E-state index in [1.807, 2.05) is 36.1 Å². The summed E-state index contributed by atoms with van der Waals surface area (Å²) in [4.78, 5) is 23.9. The van der Waals surface area contributed by atoms with E-state index in [9.17, 15) is 23.1 Å². The fraction of sp³-hybridized carbons (Fsp3) is 0.361. The lowest BCUT2D eigenvalue weighted by molar-refractivity contribution is -0.794. The highest BCUT2D eigenvalue weighted by molar-refractivity contribution is 7.74. The number of ether oxygens (including phenoxy) is 1. The van der Waals surface area contributed by atoms with Gasteiger partial charge in [0.2, 0.25) is 0 Å². The zero-order valence-electron chi connectivity index (χ0n) is 28.2. The molecule has 1 saturated heterocycles. The van der Waals surface area contributed by atoms with E-state index in [0.717, 1.165) is 39.3 Å². The number of halogens is 3. The van der Waals surface area contributed by atoms with Crippen molar-refractivity contribution in [3.05, 3.63) is 75.5 Å². The molecule has 10 nitrogen and oxygen atoms in total. The largest absolute Gasteiger partial charge is 0.491 e. The number of rotatable bonds is 10. The monoisotopic (exact) mass is 766 g/mol. The maximum absolute atomic E-state index is 14.8. The van der Waals surface area contributed by atoms with Crippen molar-refractivity contribution in [2.75, 3.05) is 43.0 Å². The lowest BCUT2D eigenvalue weighted by atomic mass is 10.0. The summed E-state index contributed by atoms with van der Waals surface area (Å²) >= 11 is 7.37.